The first-order valence-electron chi connectivity index (χ1n) is 8.92. The van der Waals surface area contributed by atoms with Gasteiger partial charge in [-0.3, -0.25) is 0 Å². The Morgan fingerprint density at radius 1 is 1.10 bits per heavy atom. The van der Waals surface area contributed by atoms with Crippen molar-refractivity contribution in [2.75, 3.05) is 10.6 Å². The number of benzene rings is 2. The molecule has 9 heteroatoms. The number of fused-ring (bicyclic) bond motifs is 1. The van der Waals surface area contributed by atoms with Crippen LogP contribution in [0.1, 0.15) is 12.6 Å². The molecule has 2 heterocycles. The molecular formula is C20H17FN6OS. The van der Waals surface area contributed by atoms with Gasteiger partial charge in [-0.2, -0.15) is 14.6 Å². The van der Waals surface area contributed by atoms with Crippen molar-refractivity contribution >= 4 is 34.9 Å². The second-order valence-electron chi connectivity index (χ2n) is 6.13. The van der Waals surface area contributed by atoms with Gasteiger partial charge < -0.3 is 10.6 Å². The number of urea groups is 1. The molecule has 0 spiro atoms. The summed E-state index contributed by atoms with van der Waals surface area (Å²) in [5, 5.41) is 10.5. The van der Waals surface area contributed by atoms with E-state index in [4.69, 9.17) is 0 Å². The van der Waals surface area contributed by atoms with Crippen LogP contribution in [-0.2, 0) is 6.42 Å². The molecule has 2 aromatic heterocycles. The van der Waals surface area contributed by atoms with Crippen LogP contribution in [0.4, 0.5) is 20.6 Å². The monoisotopic (exact) mass is 408 g/mol. The van der Waals surface area contributed by atoms with Gasteiger partial charge in [0.25, 0.3) is 5.78 Å². The van der Waals surface area contributed by atoms with E-state index >= 15 is 0 Å². The van der Waals surface area contributed by atoms with Crippen LogP contribution in [-0.4, -0.2) is 25.6 Å². The minimum absolute atomic E-state index is 0.385. The Morgan fingerprint density at radius 3 is 2.66 bits per heavy atom. The van der Waals surface area contributed by atoms with Crippen LogP contribution in [0.2, 0.25) is 0 Å². The summed E-state index contributed by atoms with van der Waals surface area (Å²) in [5.74, 6) is 0.159. The van der Waals surface area contributed by atoms with Crippen molar-refractivity contribution < 1.29 is 9.18 Å². The number of hydrogen-bond donors (Lipinski definition) is 2. The highest BCUT2D eigenvalue weighted by Crippen LogP contribution is 2.29. The maximum Gasteiger partial charge on any atom is 0.323 e. The summed E-state index contributed by atoms with van der Waals surface area (Å²) in [4.78, 5) is 21.7. The van der Waals surface area contributed by atoms with Crippen LogP contribution in [0.25, 0.3) is 5.78 Å². The van der Waals surface area contributed by atoms with Crippen molar-refractivity contribution in [3.8, 4) is 0 Å². The van der Waals surface area contributed by atoms with E-state index in [1.807, 2.05) is 25.1 Å². The average Bonchev–Trinajstić information content (AvgIpc) is 3.18. The Bertz CT molecular complexity index is 1160. The lowest BCUT2D eigenvalue weighted by atomic mass is 10.3. The Hall–Kier alpha value is -3.46. The zero-order valence-corrected chi connectivity index (χ0v) is 16.3. The maximum absolute atomic E-state index is 13.2. The normalized spacial score (nSPS) is 10.8. The van der Waals surface area contributed by atoms with Gasteiger partial charge in [0.05, 0.1) is 0 Å². The van der Waals surface area contributed by atoms with Crippen molar-refractivity contribution in [3.63, 3.8) is 0 Å². The lowest BCUT2D eigenvalue weighted by Crippen LogP contribution is -2.19. The molecule has 146 valence electrons. The van der Waals surface area contributed by atoms with Gasteiger partial charge in [-0.15, -0.1) is 0 Å². The van der Waals surface area contributed by atoms with E-state index in [-0.39, 0.29) is 0 Å². The summed E-state index contributed by atoms with van der Waals surface area (Å²) in [6, 6.07) is 14.7. The third kappa shape index (κ3) is 4.52. The van der Waals surface area contributed by atoms with Crippen molar-refractivity contribution in [2.24, 2.45) is 0 Å². The third-order valence-electron chi connectivity index (χ3n) is 4.05. The lowest BCUT2D eigenvalue weighted by molar-refractivity contribution is 0.262. The Kier molecular flexibility index (Phi) is 5.39. The summed E-state index contributed by atoms with van der Waals surface area (Å²) in [6.45, 7) is 2.04. The quantitative estimate of drug-likeness (QED) is 0.471. The van der Waals surface area contributed by atoms with Crippen molar-refractivity contribution in [2.45, 2.75) is 23.3 Å². The minimum Gasteiger partial charge on any atom is -0.308 e. The molecule has 2 aromatic carbocycles. The summed E-state index contributed by atoms with van der Waals surface area (Å²) in [5.41, 5.74) is 1.95. The van der Waals surface area contributed by atoms with Crippen LogP contribution < -0.4 is 10.6 Å². The fourth-order valence-electron chi connectivity index (χ4n) is 2.67. The highest BCUT2D eigenvalue weighted by Gasteiger charge is 2.09. The molecule has 2 amide bonds. The van der Waals surface area contributed by atoms with E-state index in [1.54, 1.807) is 22.7 Å². The molecule has 0 saturated carbocycles. The fraction of sp³-hybridized carbons (Fsp3) is 0.100. The van der Waals surface area contributed by atoms with Crippen LogP contribution >= 0.6 is 11.8 Å². The van der Waals surface area contributed by atoms with Crippen molar-refractivity contribution in [1.82, 2.24) is 19.6 Å². The van der Waals surface area contributed by atoms with Gasteiger partial charge >= 0.3 is 6.03 Å². The number of hydrogen-bond acceptors (Lipinski definition) is 5. The summed E-state index contributed by atoms with van der Waals surface area (Å²) >= 11 is 1.53. The number of carbonyl (C=O) groups excluding carboxylic acids is 1. The number of carbonyl (C=O) groups is 1. The topological polar surface area (TPSA) is 84.2 Å². The summed E-state index contributed by atoms with van der Waals surface area (Å²) in [7, 11) is 0. The van der Waals surface area contributed by atoms with Gasteiger partial charge in [-0.25, -0.2) is 14.2 Å². The zero-order valence-electron chi connectivity index (χ0n) is 15.5. The van der Waals surface area contributed by atoms with Gasteiger partial charge in [0.2, 0.25) is 0 Å². The van der Waals surface area contributed by atoms with E-state index in [0.717, 1.165) is 22.0 Å². The molecule has 0 aliphatic heterocycles. The number of nitrogens with zero attached hydrogens (tertiary/aromatic N) is 4. The van der Waals surface area contributed by atoms with Crippen molar-refractivity contribution in [1.29, 1.82) is 0 Å². The molecule has 4 rings (SSSR count). The molecule has 0 atom stereocenters. The SMILES string of the molecule is CCc1cc(Sc2ccc(NC(=O)Nc3cccc(F)c3)cc2)n2ncnc2n1. The second-order valence-corrected chi connectivity index (χ2v) is 7.22. The van der Waals surface area contributed by atoms with Crippen LogP contribution in [0, 0.1) is 5.82 Å². The van der Waals surface area contributed by atoms with E-state index in [0.29, 0.717) is 17.2 Å². The average molecular weight is 408 g/mol. The number of nitrogens with one attached hydrogen (secondary N) is 2. The molecule has 2 N–H and O–H groups in total. The standard InChI is InChI=1S/C20H17FN6OS/c1-2-14-11-18(27-19(24-14)22-12-23-27)29-17-8-6-15(7-9-17)25-20(28)26-16-5-3-4-13(21)10-16/h3-12H,2H2,1H3,(H2,25,26,28). The lowest BCUT2D eigenvalue weighted by Gasteiger charge is -2.09. The Balaban J connectivity index is 1.44. The molecule has 29 heavy (non-hydrogen) atoms. The van der Waals surface area contributed by atoms with Gasteiger partial charge in [-0.1, -0.05) is 24.8 Å². The van der Waals surface area contributed by atoms with Gasteiger partial charge in [0, 0.05) is 22.0 Å². The highest BCUT2D eigenvalue weighted by molar-refractivity contribution is 7.99. The van der Waals surface area contributed by atoms with Crippen LogP contribution in [0.3, 0.4) is 0 Å². The number of halogens is 1. The van der Waals surface area contributed by atoms with Gasteiger partial charge in [-0.05, 0) is 55.0 Å². The number of aryl methyl sites for hydroxylation is 1. The molecule has 4 aromatic rings. The molecule has 0 aliphatic carbocycles. The maximum atomic E-state index is 13.2. The predicted octanol–water partition coefficient (Wildman–Crippen LogP) is 4.62. The summed E-state index contributed by atoms with van der Waals surface area (Å²) < 4.78 is 14.9. The predicted molar refractivity (Wildman–Crippen MR) is 110 cm³/mol. The fourth-order valence-corrected chi connectivity index (χ4v) is 3.60. The molecule has 0 radical (unpaired) electrons. The number of rotatable bonds is 5. The number of anilines is 2. The second kappa shape index (κ2) is 8.27. The highest BCUT2D eigenvalue weighted by atomic mass is 32.2. The van der Waals surface area contributed by atoms with E-state index in [1.165, 1.54) is 36.3 Å². The van der Waals surface area contributed by atoms with Gasteiger partial charge in [0.15, 0.2) is 0 Å². The van der Waals surface area contributed by atoms with Gasteiger partial charge in [0.1, 0.15) is 17.2 Å². The number of aromatic nitrogens is 4. The smallest absolute Gasteiger partial charge is 0.308 e. The van der Waals surface area contributed by atoms with E-state index in [9.17, 15) is 9.18 Å². The van der Waals surface area contributed by atoms with E-state index in [2.05, 4.69) is 25.7 Å². The molecule has 0 unspecified atom stereocenters. The first-order valence-corrected chi connectivity index (χ1v) is 9.73. The summed E-state index contributed by atoms with van der Waals surface area (Å²) in [6.07, 6.45) is 2.29. The number of amides is 2. The molecular weight excluding hydrogens is 391 g/mol. The molecule has 7 nitrogen and oxygen atoms in total. The Labute approximate surface area is 170 Å². The zero-order chi connectivity index (χ0) is 20.2. The molecule has 0 bridgehead atoms. The van der Waals surface area contributed by atoms with E-state index < -0.39 is 11.8 Å². The third-order valence-corrected chi connectivity index (χ3v) is 5.06. The van der Waals surface area contributed by atoms with Crippen LogP contribution in [0.15, 0.2) is 70.8 Å². The molecule has 0 saturated heterocycles. The minimum atomic E-state index is -0.443. The largest absolute Gasteiger partial charge is 0.323 e. The van der Waals surface area contributed by atoms with Crippen LogP contribution in [0.5, 0.6) is 0 Å². The first kappa shape index (κ1) is 18.9. The first-order chi connectivity index (χ1) is 14.1. The molecule has 0 fully saturated rings. The Morgan fingerprint density at radius 2 is 1.90 bits per heavy atom. The molecule has 0 aliphatic rings. The van der Waals surface area contributed by atoms with Crippen molar-refractivity contribution in [3.05, 3.63) is 72.4 Å².